The summed E-state index contributed by atoms with van der Waals surface area (Å²) in [5.41, 5.74) is 6.65. The predicted octanol–water partition coefficient (Wildman–Crippen LogP) is 7.85. The molecule has 2 nitrogen and oxygen atoms in total. The molecule has 0 aliphatic carbocycles. The summed E-state index contributed by atoms with van der Waals surface area (Å²) in [6.07, 6.45) is 0. The van der Waals surface area contributed by atoms with Gasteiger partial charge in [0.15, 0.2) is 0 Å². The molecule has 0 bridgehead atoms. The van der Waals surface area contributed by atoms with Gasteiger partial charge in [-0.15, -0.1) is 0 Å². The molecule has 0 radical (unpaired) electrons. The lowest BCUT2D eigenvalue weighted by Gasteiger charge is -2.07. The Labute approximate surface area is 191 Å². The third kappa shape index (κ3) is 2.52. The smallest absolute Gasteiger partial charge is 0.216 e. The van der Waals surface area contributed by atoms with E-state index in [0.717, 1.165) is 27.8 Å². The topological polar surface area (TPSA) is 17.0 Å². The fourth-order valence-electron chi connectivity index (χ4n) is 5.40. The van der Waals surface area contributed by atoms with Crippen LogP contribution >= 0.6 is 0 Å². The molecule has 0 saturated heterocycles. The Morgan fingerprint density at radius 2 is 1.24 bits per heavy atom. The first-order valence-electron chi connectivity index (χ1n) is 11.4. The van der Waals surface area contributed by atoms with E-state index in [-0.39, 0.29) is 0 Å². The van der Waals surface area contributed by atoms with Crippen LogP contribution in [0, 0.1) is 6.92 Å². The highest BCUT2D eigenvalue weighted by Crippen LogP contribution is 2.41. The molecule has 2 heteroatoms. The fourth-order valence-corrected chi connectivity index (χ4v) is 5.40. The molecule has 5 aromatic carbocycles. The summed E-state index contributed by atoms with van der Waals surface area (Å²) in [6.45, 7) is 2.17. The third-order valence-electron chi connectivity index (χ3n) is 7.06. The van der Waals surface area contributed by atoms with Gasteiger partial charge in [-0.3, -0.25) is 0 Å². The van der Waals surface area contributed by atoms with Crippen molar-refractivity contribution in [3.8, 4) is 11.3 Å². The molecule has 0 N–H and O–H groups in total. The zero-order valence-corrected chi connectivity index (χ0v) is 18.6. The van der Waals surface area contributed by atoms with Gasteiger partial charge in [-0.2, -0.15) is 4.57 Å². The van der Waals surface area contributed by atoms with Gasteiger partial charge >= 0.3 is 0 Å². The van der Waals surface area contributed by atoms with Crippen LogP contribution in [-0.4, -0.2) is 0 Å². The molecule has 0 unspecified atom stereocenters. The molecule has 2 aromatic heterocycles. The lowest BCUT2D eigenvalue weighted by Crippen LogP contribution is -2.32. The normalized spacial score (nSPS) is 11.9. The highest BCUT2D eigenvalue weighted by molar-refractivity contribution is 6.24. The third-order valence-corrected chi connectivity index (χ3v) is 7.06. The van der Waals surface area contributed by atoms with Crippen LogP contribution in [0.5, 0.6) is 0 Å². The molecule has 0 spiro atoms. The van der Waals surface area contributed by atoms with E-state index in [9.17, 15) is 0 Å². The van der Waals surface area contributed by atoms with Crippen molar-refractivity contribution in [2.75, 3.05) is 0 Å². The highest BCUT2D eigenvalue weighted by Gasteiger charge is 2.22. The Kier molecular flexibility index (Phi) is 3.72. The van der Waals surface area contributed by atoms with E-state index in [2.05, 4.69) is 116 Å². The molecule has 0 aliphatic rings. The molecule has 0 saturated carbocycles. The summed E-state index contributed by atoms with van der Waals surface area (Å²) in [5.74, 6) is 0. The summed E-state index contributed by atoms with van der Waals surface area (Å²) in [6, 6.07) is 34.7. The summed E-state index contributed by atoms with van der Waals surface area (Å²) < 4.78 is 9.07. The van der Waals surface area contributed by atoms with Gasteiger partial charge in [0.25, 0.3) is 0 Å². The zero-order valence-electron chi connectivity index (χ0n) is 18.6. The van der Waals surface area contributed by atoms with Gasteiger partial charge in [0.05, 0.1) is 5.56 Å². The minimum absolute atomic E-state index is 0.955. The van der Waals surface area contributed by atoms with E-state index in [1.165, 1.54) is 43.4 Å². The molecule has 0 fully saturated rings. The number of hydrogen-bond acceptors (Lipinski definition) is 1. The molecule has 156 valence electrons. The minimum atomic E-state index is 0.955. The van der Waals surface area contributed by atoms with Gasteiger partial charge in [0.2, 0.25) is 11.2 Å². The van der Waals surface area contributed by atoms with Gasteiger partial charge in [0.1, 0.15) is 18.2 Å². The van der Waals surface area contributed by atoms with Crippen LogP contribution in [0.3, 0.4) is 0 Å². The average Bonchev–Trinajstić information content (AvgIpc) is 3.23. The monoisotopic (exact) mass is 424 g/mol. The van der Waals surface area contributed by atoms with Crippen molar-refractivity contribution in [3.63, 3.8) is 0 Å². The Bertz CT molecular complexity index is 1890. The molecular formula is C31H22NO+. The maximum Gasteiger partial charge on any atom is 0.216 e. The molecule has 0 atom stereocenters. The Morgan fingerprint density at radius 3 is 2.15 bits per heavy atom. The zero-order chi connectivity index (χ0) is 22.1. The number of furan rings is 1. The number of nitrogens with zero attached hydrogens (tertiary/aromatic N) is 1. The summed E-state index contributed by atoms with van der Waals surface area (Å²) in [5, 5.41) is 8.41. The van der Waals surface area contributed by atoms with E-state index < -0.39 is 0 Å². The second kappa shape index (κ2) is 6.66. The quantitative estimate of drug-likeness (QED) is 0.194. The van der Waals surface area contributed by atoms with Crippen molar-refractivity contribution in [1.29, 1.82) is 0 Å². The first kappa shape index (κ1) is 18.4. The first-order chi connectivity index (χ1) is 16.2. The minimum Gasteiger partial charge on any atom is -0.454 e. The summed E-state index contributed by atoms with van der Waals surface area (Å²) in [7, 11) is 2.14. The van der Waals surface area contributed by atoms with Crippen LogP contribution in [0.4, 0.5) is 0 Å². The van der Waals surface area contributed by atoms with Crippen molar-refractivity contribution in [2.24, 2.45) is 7.05 Å². The number of para-hydroxylation sites is 1. The molecule has 0 aliphatic heterocycles. The van der Waals surface area contributed by atoms with Crippen molar-refractivity contribution in [3.05, 3.63) is 103 Å². The average molecular weight is 425 g/mol. The van der Waals surface area contributed by atoms with Gasteiger partial charge in [0, 0.05) is 33.7 Å². The Hall–Kier alpha value is -4.17. The SMILES string of the molecule is Cc1ccc2c(oc3c2ccc2ccc4ccccc4c23)c1-c1ccc2ccccc2[n+]1C. The number of aryl methyl sites for hydroxylation is 2. The van der Waals surface area contributed by atoms with Crippen LogP contribution in [-0.2, 0) is 7.05 Å². The number of pyridine rings is 1. The second-order valence-electron chi connectivity index (χ2n) is 8.90. The first-order valence-corrected chi connectivity index (χ1v) is 11.4. The number of aromatic nitrogens is 1. The number of hydrogen-bond donors (Lipinski definition) is 0. The molecule has 0 amide bonds. The molecule has 7 aromatic rings. The van der Waals surface area contributed by atoms with E-state index in [1.807, 2.05) is 0 Å². The van der Waals surface area contributed by atoms with E-state index in [1.54, 1.807) is 0 Å². The summed E-state index contributed by atoms with van der Waals surface area (Å²) in [4.78, 5) is 0. The van der Waals surface area contributed by atoms with Crippen molar-refractivity contribution >= 4 is 54.4 Å². The van der Waals surface area contributed by atoms with Gasteiger partial charge < -0.3 is 4.42 Å². The predicted molar refractivity (Wildman–Crippen MR) is 138 cm³/mol. The van der Waals surface area contributed by atoms with Crippen molar-refractivity contribution in [1.82, 2.24) is 0 Å². The van der Waals surface area contributed by atoms with Crippen LogP contribution in [0.1, 0.15) is 5.56 Å². The maximum atomic E-state index is 6.79. The lowest BCUT2D eigenvalue weighted by molar-refractivity contribution is -0.633. The van der Waals surface area contributed by atoms with Crippen LogP contribution in [0.25, 0.3) is 65.6 Å². The molecular weight excluding hydrogens is 402 g/mol. The fraction of sp³-hybridized carbons (Fsp3) is 0.0645. The van der Waals surface area contributed by atoms with Crippen LogP contribution < -0.4 is 4.57 Å². The van der Waals surface area contributed by atoms with E-state index in [4.69, 9.17) is 4.42 Å². The largest absolute Gasteiger partial charge is 0.454 e. The summed E-state index contributed by atoms with van der Waals surface area (Å²) >= 11 is 0. The Morgan fingerprint density at radius 1 is 0.576 bits per heavy atom. The second-order valence-corrected chi connectivity index (χ2v) is 8.90. The molecule has 2 heterocycles. The van der Waals surface area contributed by atoms with Crippen molar-refractivity contribution < 1.29 is 8.98 Å². The van der Waals surface area contributed by atoms with E-state index in [0.29, 0.717) is 0 Å². The van der Waals surface area contributed by atoms with Crippen LogP contribution in [0.15, 0.2) is 101 Å². The number of rotatable bonds is 1. The lowest BCUT2D eigenvalue weighted by atomic mass is 9.97. The number of benzene rings is 5. The maximum absolute atomic E-state index is 6.79. The van der Waals surface area contributed by atoms with Gasteiger partial charge in [-0.1, -0.05) is 66.7 Å². The van der Waals surface area contributed by atoms with E-state index >= 15 is 0 Å². The molecule has 7 rings (SSSR count). The molecule has 33 heavy (non-hydrogen) atoms. The van der Waals surface area contributed by atoms with Crippen LogP contribution in [0.2, 0.25) is 0 Å². The number of fused-ring (bicyclic) bond motifs is 8. The van der Waals surface area contributed by atoms with Gasteiger partial charge in [-0.25, -0.2) is 0 Å². The standard InChI is InChI=1S/C31H22NO/c1-19-11-16-24-25-17-14-22-13-12-20-7-3-5-9-23(20)29(22)31(25)33-30(24)28(19)27-18-15-21-8-4-6-10-26(21)32(27)2/h3-18H,1-2H3/q+1. The Balaban J connectivity index is 1.65. The highest BCUT2D eigenvalue weighted by atomic mass is 16.3. The van der Waals surface area contributed by atoms with Gasteiger partial charge in [-0.05, 0) is 46.8 Å². The van der Waals surface area contributed by atoms with Crippen molar-refractivity contribution in [2.45, 2.75) is 6.92 Å².